The van der Waals surface area contributed by atoms with Crippen LogP contribution in [0.4, 0.5) is 5.95 Å². The van der Waals surface area contributed by atoms with E-state index in [1.54, 1.807) is 6.20 Å². The SMILES string of the molecule is Cn1ccnc1N1CC[C@H](NS(C)(=O)=O)[C@@H]1CO[C@H]1CC[C@@H](c2ccccc2)CC1. The molecule has 8 heteroatoms. The van der Waals surface area contributed by atoms with Crippen molar-refractivity contribution in [2.45, 2.75) is 56.2 Å². The van der Waals surface area contributed by atoms with Crippen LogP contribution in [-0.2, 0) is 21.8 Å². The Morgan fingerprint density at radius 1 is 1.13 bits per heavy atom. The first-order valence-electron chi connectivity index (χ1n) is 10.8. The Bertz CT molecular complexity index is 923. The molecule has 0 spiro atoms. The molecule has 0 amide bonds. The Labute approximate surface area is 179 Å². The van der Waals surface area contributed by atoms with Crippen molar-refractivity contribution in [3.63, 3.8) is 0 Å². The topological polar surface area (TPSA) is 76.5 Å². The first-order chi connectivity index (χ1) is 14.4. The van der Waals surface area contributed by atoms with Crippen molar-refractivity contribution >= 4 is 16.0 Å². The van der Waals surface area contributed by atoms with Crippen molar-refractivity contribution in [1.82, 2.24) is 14.3 Å². The molecule has 2 heterocycles. The van der Waals surface area contributed by atoms with E-state index in [9.17, 15) is 8.42 Å². The van der Waals surface area contributed by atoms with Gasteiger partial charge in [-0.05, 0) is 43.6 Å². The van der Waals surface area contributed by atoms with E-state index < -0.39 is 10.0 Å². The number of aromatic nitrogens is 2. The summed E-state index contributed by atoms with van der Waals surface area (Å²) in [5.74, 6) is 1.47. The minimum absolute atomic E-state index is 0.0623. The zero-order valence-electron chi connectivity index (χ0n) is 17.8. The van der Waals surface area contributed by atoms with Crippen LogP contribution in [0.1, 0.15) is 43.6 Å². The van der Waals surface area contributed by atoms with Crippen molar-refractivity contribution in [3.8, 4) is 0 Å². The maximum atomic E-state index is 11.9. The van der Waals surface area contributed by atoms with Gasteiger partial charge >= 0.3 is 0 Å². The number of anilines is 1. The number of benzene rings is 1. The van der Waals surface area contributed by atoms with E-state index in [2.05, 4.69) is 44.9 Å². The zero-order valence-corrected chi connectivity index (χ0v) is 18.6. The summed E-state index contributed by atoms with van der Waals surface area (Å²) in [5, 5.41) is 0. The number of hydrogen-bond acceptors (Lipinski definition) is 5. The molecule has 1 saturated heterocycles. The minimum atomic E-state index is -3.28. The van der Waals surface area contributed by atoms with Gasteiger partial charge in [-0.15, -0.1) is 0 Å². The van der Waals surface area contributed by atoms with Gasteiger partial charge in [-0.25, -0.2) is 18.1 Å². The van der Waals surface area contributed by atoms with E-state index in [1.165, 1.54) is 11.8 Å². The average molecular weight is 433 g/mol. The number of rotatable bonds is 7. The number of nitrogens with one attached hydrogen (secondary N) is 1. The summed E-state index contributed by atoms with van der Waals surface area (Å²) in [4.78, 5) is 6.65. The third kappa shape index (κ3) is 5.04. The van der Waals surface area contributed by atoms with Crippen molar-refractivity contribution < 1.29 is 13.2 Å². The van der Waals surface area contributed by atoms with Gasteiger partial charge in [0.1, 0.15) is 0 Å². The van der Waals surface area contributed by atoms with E-state index in [0.29, 0.717) is 12.5 Å². The van der Waals surface area contributed by atoms with Gasteiger partial charge < -0.3 is 14.2 Å². The number of sulfonamides is 1. The molecule has 2 fully saturated rings. The Morgan fingerprint density at radius 3 is 2.50 bits per heavy atom. The monoisotopic (exact) mass is 432 g/mol. The molecule has 0 bridgehead atoms. The summed E-state index contributed by atoms with van der Waals surface area (Å²) in [5.41, 5.74) is 1.42. The molecule has 1 aliphatic heterocycles. The summed E-state index contributed by atoms with van der Waals surface area (Å²) in [7, 11) is -1.32. The van der Waals surface area contributed by atoms with Gasteiger partial charge in [-0.1, -0.05) is 30.3 Å². The second-order valence-electron chi connectivity index (χ2n) is 8.60. The number of hydrogen-bond donors (Lipinski definition) is 1. The van der Waals surface area contributed by atoms with Gasteiger partial charge in [-0.3, -0.25) is 0 Å². The summed E-state index contributed by atoms with van der Waals surface area (Å²) in [6, 6.07) is 10.5. The Hall–Kier alpha value is -1.90. The molecule has 1 N–H and O–H groups in total. The highest BCUT2D eigenvalue weighted by Gasteiger charge is 2.38. The molecular weight excluding hydrogens is 400 g/mol. The lowest BCUT2D eigenvalue weighted by molar-refractivity contribution is 0.0155. The highest BCUT2D eigenvalue weighted by atomic mass is 32.2. The van der Waals surface area contributed by atoms with E-state index in [0.717, 1.165) is 44.6 Å². The molecule has 1 saturated carbocycles. The summed E-state index contributed by atoms with van der Waals surface area (Å²) in [6.45, 7) is 1.26. The van der Waals surface area contributed by atoms with Crippen molar-refractivity contribution in [2.75, 3.05) is 24.3 Å². The van der Waals surface area contributed by atoms with E-state index >= 15 is 0 Å². The van der Waals surface area contributed by atoms with E-state index in [-0.39, 0.29) is 18.2 Å². The lowest BCUT2D eigenvalue weighted by Crippen LogP contribution is -2.48. The molecule has 1 aliphatic carbocycles. The maximum Gasteiger partial charge on any atom is 0.209 e. The quantitative estimate of drug-likeness (QED) is 0.728. The van der Waals surface area contributed by atoms with Gasteiger partial charge in [0.25, 0.3) is 0 Å². The fourth-order valence-corrected chi connectivity index (χ4v) is 5.70. The molecule has 2 aromatic rings. The van der Waals surface area contributed by atoms with Crippen LogP contribution in [0.25, 0.3) is 0 Å². The molecule has 2 aliphatic rings. The summed E-state index contributed by atoms with van der Waals surface area (Å²) >= 11 is 0. The fraction of sp³-hybridized carbons (Fsp3) is 0.591. The number of ether oxygens (including phenoxy) is 1. The first-order valence-corrected chi connectivity index (χ1v) is 12.7. The summed E-state index contributed by atoms with van der Waals surface area (Å²) < 4.78 is 34.9. The largest absolute Gasteiger partial charge is 0.376 e. The predicted octanol–water partition coefficient (Wildman–Crippen LogP) is 2.66. The van der Waals surface area contributed by atoms with E-state index in [1.807, 2.05) is 17.8 Å². The standard InChI is InChI=1S/C22H32N4O3S/c1-25-15-13-23-22(25)26-14-12-20(24-30(2,27)28)21(26)16-29-19-10-8-18(9-11-19)17-6-4-3-5-7-17/h3-7,13,15,18-21,24H,8-12,14,16H2,1-2H3/t18-,19+,20-,21-/m0/s1. The number of nitrogens with zero attached hydrogens (tertiary/aromatic N) is 3. The third-order valence-electron chi connectivity index (χ3n) is 6.41. The van der Waals surface area contributed by atoms with Gasteiger partial charge in [0.2, 0.25) is 16.0 Å². The second-order valence-corrected chi connectivity index (χ2v) is 10.4. The third-order valence-corrected chi connectivity index (χ3v) is 7.14. The minimum Gasteiger partial charge on any atom is -0.376 e. The smallest absolute Gasteiger partial charge is 0.209 e. The molecular formula is C22H32N4O3S. The molecule has 1 aromatic carbocycles. The molecule has 0 unspecified atom stereocenters. The van der Waals surface area contributed by atoms with Crippen molar-refractivity contribution in [1.29, 1.82) is 0 Å². The summed E-state index contributed by atoms with van der Waals surface area (Å²) in [6.07, 6.45) is 10.2. The molecule has 164 valence electrons. The van der Waals surface area contributed by atoms with Crippen molar-refractivity contribution in [2.24, 2.45) is 7.05 Å². The predicted molar refractivity (Wildman–Crippen MR) is 118 cm³/mol. The first kappa shape index (κ1) is 21.3. The van der Waals surface area contributed by atoms with Crippen LogP contribution < -0.4 is 9.62 Å². The van der Waals surface area contributed by atoms with Crippen LogP contribution in [0.5, 0.6) is 0 Å². The molecule has 7 nitrogen and oxygen atoms in total. The van der Waals surface area contributed by atoms with Gasteiger partial charge in [0, 0.05) is 32.0 Å². The number of imidazole rings is 1. The van der Waals surface area contributed by atoms with E-state index in [4.69, 9.17) is 4.74 Å². The molecule has 0 radical (unpaired) electrons. The Balaban J connectivity index is 1.38. The van der Waals surface area contributed by atoms with Crippen molar-refractivity contribution in [3.05, 3.63) is 48.3 Å². The maximum absolute atomic E-state index is 11.9. The van der Waals surface area contributed by atoms with Crippen LogP contribution in [0.3, 0.4) is 0 Å². The lowest BCUT2D eigenvalue weighted by Gasteiger charge is -2.33. The lowest BCUT2D eigenvalue weighted by atomic mass is 9.83. The normalized spacial score (nSPS) is 27.5. The molecule has 30 heavy (non-hydrogen) atoms. The number of aryl methyl sites for hydroxylation is 1. The zero-order chi connectivity index (χ0) is 21.1. The Kier molecular flexibility index (Phi) is 6.46. The second kappa shape index (κ2) is 9.08. The van der Waals surface area contributed by atoms with Crippen LogP contribution in [-0.4, -0.2) is 55.6 Å². The molecule has 4 rings (SSSR count). The average Bonchev–Trinajstić information content (AvgIpc) is 3.31. The highest BCUT2D eigenvalue weighted by Crippen LogP contribution is 2.34. The fourth-order valence-electron chi connectivity index (χ4n) is 4.88. The van der Waals surface area contributed by atoms with Crippen LogP contribution in [0.2, 0.25) is 0 Å². The van der Waals surface area contributed by atoms with Crippen LogP contribution >= 0.6 is 0 Å². The van der Waals surface area contributed by atoms with Crippen LogP contribution in [0.15, 0.2) is 42.7 Å². The van der Waals surface area contributed by atoms with Gasteiger partial charge in [0.15, 0.2) is 0 Å². The van der Waals surface area contributed by atoms with Gasteiger partial charge in [0.05, 0.1) is 25.0 Å². The van der Waals surface area contributed by atoms with Crippen LogP contribution in [0, 0.1) is 0 Å². The molecule has 2 atom stereocenters. The highest BCUT2D eigenvalue weighted by molar-refractivity contribution is 7.88. The Morgan fingerprint density at radius 2 is 1.87 bits per heavy atom. The van der Waals surface area contributed by atoms with Gasteiger partial charge in [-0.2, -0.15) is 0 Å². The molecule has 1 aromatic heterocycles.